The lowest BCUT2D eigenvalue weighted by Gasteiger charge is -2.28. The van der Waals surface area contributed by atoms with Gasteiger partial charge in [-0.3, -0.25) is 4.79 Å². The molecule has 0 atom stereocenters. The molecule has 2 aromatic rings. The number of aryl methyl sites for hydroxylation is 2. The number of carbonyl (C=O) groups excluding carboxylic acids is 1. The molecule has 1 aromatic carbocycles. The van der Waals surface area contributed by atoms with Crippen LogP contribution in [0, 0.1) is 19.7 Å². The van der Waals surface area contributed by atoms with E-state index in [-0.39, 0.29) is 11.7 Å². The summed E-state index contributed by atoms with van der Waals surface area (Å²) in [6, 6.07) is 6.78. The van der Waals surface area contributed by atoms with Crippen LogP contribution in [0.2, 0.25) is 0 Å². The van der Waals surface area contributed by atoms with Gasteiger partial charge >= 0.3 is 0 Å². The summed E-state index contributed by atoms with van der Waals surface area (Å²) in [6.45, 7) is 6.38. The first-order valence-corrected chi connectivity index (χ1v) is 7.91. The Hall–Kier alpha value is -2.47. The number of carbonyl (C=O) groups is 1. The molecule has 0 bridgehead atoms. The first-order valence-electron chi connectivity index (χ1n) is 7.91. The number of benzene rings is 1. The fourth-order valence-electron chi connectivity index (χ4n) is 2.73. The highest BCUT2D eigenvalue weighted by atomic mass is 19.1. The maximum Gasteiger partial charge on any atom is 0.256 e. The lowest BCUT2D eigenvalue weighted by Crippen LogP contribution is -2.36. The number of nitrogens with one attached hydrogen (secondary N) is 1. The topological polar surface area (TPSA) is 54.5 Å². The van der Waals surface area contributed by atoms with Crippen molar-refractivity contribution in [2.24, 2.45) is 0 Å². The van der Waals surface area contributed by atoms with Crippen LogP contribution in [-0.2, 0) is 4.74 Å². The van der Waals surface area contributed by atoms with Crippen LogP contribution >= 0.6 is 0 Å². The van der Waals surface area contributed by atoms with Crippen molar-refractivity contribution in [1.29, 1.82) is 0 Å². The number of hydrogen-bond donors (Lipinski definition) is 1. The third-order valence-electron chi connectivity index (χ3n) is 4.06. The van der Waals surface area contributed by atoms with E-state index in [2.05, 4.69) is 15.2 Å². The zero-order chi connectivity index (χ0) is 17.1. The van der Waals surface area contributed by atoms with E-state index >= 15 is 0 Å². The second-order valence-corrected chi connectivity index (χ2v) is 5.88. The summed E-state index contributed by atoms with van der Waals surface area (Å²) in [6.07, 6.45) is 1.74. The quantitative estimate of drug-likeness (QED) is 0.941. The molecule has 1 aliphatic rings. The number of morpholine rings is 1. The van der Waals surface area contributed by atoms with Crippen molar-refractivity contribution in [3.8, 4) is 0 Å². The third kappa shape index (κ3) is 3.54. The maximum absolute atomic E-state index is 13.7. The third-order valence-corrected chi connectivity index (χ3v) is 4.06. The lowest BCUT2D eigenvalue weighted by atomic mass is 10.1. The molecule has 0 saturated carbocycles. The van der Waals surface area contributed by atoms with Crippen LogP contribution in [0.3, 0.4) is 0 Å². The number of amides is 1. The highest BCUT2D eigenvalue weighted by Crippen LogP contribution is 2.18. The average molecular weight is 329 g/mol. The smallest absolute Gasteiger partial charge is 0.256 e. The van der Waals surface area contributed by atoms with Crippen LogP contribution in [0.5, 0.6) is 0 Å². The fraction of sp³-hybridized carbons (Fsp3) is 0.333. The molecule has 0 aliphatic carbocycles. The highest BCUT2D eigenvalue weighted by molar-refractivity contribution is 6.04. The second kappa shape index (κ2) is 6.97. The minimum atomic E-state index is -0.298. The van der Waals surface area contributed by atoms with Crippen molar-refractivity contribution in [2.45, 2.75) is 13.8 Å². The fourth-order valence-corrected chi connectivity index (χ4v) is 2.73. The van der Waals surface area contributed by atoms with E-state index in [0.717, 1.165) is 18.8 Å². The van der Waals surface area contributed by atoms with E-state index in [1.807, 2.05) is 6.07 Å². The van der Waals surface area contributed by atoms with Crippen molar-refractivity contribution in [3.63, 3.8) is 0 Å². The van der Waals surface area contributed by atoms with Crippen LogP contribution in [0.4, 0.5) is 15.9 Å². The first kappa shape index (κ1) is 16.4. The van der Waals surface area contributed by atoms with Crippen LogP contribution in [0.15, 0.2) is 30.5 Å². The molecular weight excluding hydrogens is 309 g/mol. The molecule has 1 aromatic heterocycles. The SMILES string of the molecule is Cc1cc(C(=O)Nc2ccc(N3CCOCC3)cn2)cc(C)c1F. The Morgan fingerprint density at radius 2 is 1.88 bits per heavy atom. The van der Waals surface area contributed by atoms with Gasteiger partial charge in [0.15, 0.2) is 0 Å². The molecule has 1 saturated heterocycles. The predicted octanol–water partition coefficient (Wildman–Crippen LogP) is 2.93. The number of nitrogens with zero attached hydrogens (tertiary/aromatic N) is 2. The molecule has 1 amide bonds. The Labute approximate surface area is 140 Å². The van der Waals surface area contributed by atoms with Crippen LogP contribution in [0.25, 0.3) is 0 Å². The average Bonchev–Trinajstić information content (AvgIpc) is 2.60. The summed E-state index contributed by atoms with van der Waals surface area (Å²) in [5.74, 6) is -0.107. The first-order chi connectivity index (χ1) is 11.5. The monoisotopic (exact) mass is 329 g/mol. The lowest BCUT2D eigenvalue weighted by molar-refractivity contribution is 0.102. The van der Waals surface area contributed by atoms with Gasteiger partial charge in [0.1, 0.15) is 11.6 Å². The Morgan fingerprint density at radius 3 is 2.46 bits per heavy atom. The van der Waals surface area contributed by atoms with E-state index in [4.69, 9.17) is 4.74 Å². The Bertz CT molecular complexity index is 717. The van der Waals surface area contributed by atoms with E-state index < -0.39 is 0 Å². The normalized spacial score (nSPS) is 14.5. The Morgan fingerprint density at radius 1 is 1.21 bits per heavy atom. The number of pyridine rings is 1. The maximum atomic E-state index is 13.7. The van der Waals surface area contributed by atoms with Crippen molar-refractivity contribution >= 4 is 17.4 Å². The van der Waals surface area contributed by atoms with Gasteiger partial charge in [-0.15, -0.1) is 0 Å². The number of aromatic nitrogens is 1. The molecule has 3 rings (SSSR count). The summed E-state index contributed by atoms with van der Waals surface area (Å²) in [5, 5.41) is 2.75. The molecule has 24 heavy (non-hydrogen) atoms. The minimum absolute atomic E-state index is 0.278. The van der Waals surface area contributed by atoms with Crippen molar-refractivity contribution in [1.82, 2.24) is 4.98 Å². The van der Waals surface area contributed by atoms with Gasteiger partial charge in [-0.25, -0.2) is 9.37 Å². The molecule has 126 valence electrons. The predicted molar refractivity (Wildman–Crippen MR) is 91.1 cm³/mol. The summed E-state index contributed by atoms with van der Waals surface area (Å²) in [7, 11) is 0. The van der Waals surface area contributed by atoms with E-state index in [1.54, 1.807) is 38.2 Å². The van der Waals surface area contributed by atoms with Gasteiger partial charge in [0.2, 0.25) is 0 Å². The molecule has 0 unspecified atom stereocenters. The summed E-state index contributed by atoms with van der Waals surface area (Å²) in [5.41, 5.74) is 2.33. The zero-order valence-corrected chi connectivity index (χ0v) is 13.8. The molecule has 1 aliphatic heterocycles. The van der Waals surface area contributed by atoms with Crippen molar-refractivity contribution in [2.75, 3.05) is 36.5 Å². The van der Waals surface area contributed by atoms with E-state index in [1.165, 1.54) is 0 Å². The Balaban J connectivity index is 1.70. The summed E-state index contributed by atoms with van der Waals surface area (Å²) in [4.78, 5) is 18.8. The van der Waals surface area contributed by atoms with Gasteiger partial charge in [-0.05, 0) is 49.2 Å². The highest BCUT2D eigenvalue weighted by Gasteiger charge is 2.13. The number of rotatable bonds is 3. The number of anilines is 2. The molecule has 2 heterocycles. The Kier molecular flexibility index (Phi) is 4.76. The largest absolute Gasteiger partial charge is 0.378 e. The van der Waals surface area contributed by atoms with Gasteiger partial charge in [0.25, 0.3) is 5.91 Å². The van der Waals surface area contributed by atoms with Gasteiger partial charge < -0.3 is 15.0 Å². The molecule has 1 N–H and O–H groups in total. The zero-order valence-electron chi connectivity index (χ0n) is 13.8. The summed E-state index contributed by atoms with van der Waals surface area (Å²) < 4.78 is 19.0. The summed E-state index contributed by atoms with van der Waals surface area (Å²) >= 11 is 0. The standard InChI is InChI=1S/C18H20FN3O2/c1-12-9-14(10-13(2)17(12)19)18(23)21-16-4-3-15(11-20-16)22-5-7-24-8-6-22/h3-4,9-11H,5-8H2,1-2H3,(H,20,21,23). The molecule has 0 spiro atoms. The van der Waals surface area contributed by atoms with E-state index in [9.17, 15) is 9.18 Å². The molecule has 1 fully saturated rings. The molecule has 6 heteroatoms. The van der Waals surface area contributed by atoms with Crippen molar-refractivity contribution in [3.05, 3.63) is 53.0 Å². The van der Waals surface area contributed by atoms with E-state index in [0.29, 0.717) is 35.7 Å². The molecule has 5 nitrogen and oxygen atoms in total. The number of hydrogen-bond acceptors (Lipinski definition) is 4. The van der Waals surface area contributed by atoms with Crippen LogP contribution in [-0.4, -0.2) is 37.2 Å². The van der Waals surface area contributed by atoms with Gasteiger partial charge in [0.05, 0.1) is 25.1 Å². The number of halogens is 1. The van der Waals surface area contributed by atoms with Crippen LogP contribution in [0.1, 0.15) is 21.5 Å². The van der Waals surface area contributed by atoms with Crippen molar-refractivity contribution < 1.29 is 13.9 Å². The number of ether oxygens (including phenoxy) is 1. The molecular formula is C18H20FN3O2. The second-order valence-electron chi connectivity index (χ2n) is 5.88. The van der Waals surface area contributed by atoms with Gasteiger partial charge in [-0.2, -0.15) is 0 Å². The van der Waals surface area contributed by atoms with Gasteiger partial charge in [-0.1, -0.05) is 0 Å². The molecule has 0 radical (unpaired) electrons. The van der Waals surface area contributed by atoms with Gasteiger partial charge in [0, 0.05) is 18.7 Å². The minimum Gasteiger partial charge on any atom is -0.378 e. The van der Waals surface area contributed by atoms with Crippen LogP contribution < -0.4 is 10.2 Å².